The molecule has 24 heavy (non-hydrogen) atoms. The molecular formula is C15H16Cl2N2O4S. The third-order valence-corrected chi connectivity index (χ3v) is 4.91. The molecule has 2 atom stereocenters. The van der Waals surface area contributed by atoms with Crippen molar-refractivity contribution in [2.24, 2.45) is 0 Å². The number of carbonyl (C=O) groups is 3. The number of amides is 2. The molecule has 6 nitrogen and oxygen atoms in total. The fourth-order valence-corrected chi connectivity index (χ4v) is 3.78. The molecule has 2 amide bonds. The predicted octanol–water partition coefficient (Wildman–Crippen LogP) is 2.49. The number of rotatable bonds is 5. The summed E-state index contributed by atoms with van der Waals surface area (Å²) in [6.45, 7) is 1.95. The molecule has 130 valence electrons. The van der Waals surface area contributed by atoms with E-state index in [1.807, 2.05) is 0 Å². The minimum absolute atomic E-state index is 0.0177. The number of carbonyl (C=O) groups excluding carboxylic acids is 3. The molecule has 1 heterocycles. The van der Waals surface area contributed by atoms with Gasteiger partial charge < -0.3 is 15.4 Å². The SMILES string of the molecule is CCOC(=O)[C@@H]1CS[C@H](CC(=O)Nc2cc(Cl)cc(Cl)c2)C(=O)N1. The topological polar surface area (TPSA) is 84.5 Å². The lowest BCUT2D eigenvalue weighted by Crippen LogP contribution is -2.51. The molecule has 1 saturated heterocycles. The molecule has 1 aliphatic rings. The fraction of sp³-hybridized carbons (Fsp3) is 0.400. The van der Waals surface area contributed by atoms with Crippen LogP contribution < -0.4 is 10.6 Å². The molecule has 1 fully saturated rings. The molecule has 0 bridgehead atoms. The lowest BCUT2D eigenvalue weighted by molar-refractivity contribution is -0.146. The molecule has 0 unspecified atom stereocenters. The van der Waals surface area contributed by atoms with Gasteiger partial charge in [0.25, 0.3) is 0 Å². The molecule has 1 aromatic carbocycles. The number of halogens is 2. The first-order valence-electron chi connectivity index (χ1n) is 7.23. The van der Waals surface area contributed by atoms with Crippen molar-refractivity contribution >= 4 is 58.4 Å². The third-order valence-electron chi connectivity index (χ3n) is 3.16. The number of hydrogen-bond donors (Lipinski definition) is 2. The smallest absolute Gasteiger partial charge is 0.329 e. The van der Waals surface area contributed by atoms with Crippen molar-refractivity contribution in [1.82, 2.24) is 5.32 Å². The van der Waals surface area contributed by atoms with E-state index >= 15 is 0 Å². The molecule has 0 aromatic heterocycles. The van der Waals surface area contributed by atoms with Crippen LogP contribution in [0.25, 0.3) is 0 Å². The summed E-state index contributed by atoms with van der Waals surface area (Å²) in [6.07, 6.45) is -0.0177. The van der Waals surface area contributed by atoms with E-state index in [-0.39, 0.29) is 24.8 Å². The Kier molecular flexibility index (Phi) is 6.77. The average Bonchev–Trinajstić information content (AvgIpc) is 2.48. The standard InChI is InChI=1S/C15H16Cl2N2O4S/c1-2-23-15(22)11-7-24-12(14(21)19-11)6-13(20)18-10-4-8(16)3-9(17)5-10/h3-5,11-12H,2,6-7H2,1H3,(H,18,20)(H,19,21)/t11-,12+/m0/s1. The lowest BCUT2D eigenvalue weighted by Gasteiger charge is -2.27. The van der Waals surface area contributed by atoms with Crippen LogP contribution in [0.5, 0.6) is 0 Å². The normalized spacial score (nSPS) is 20.2. The molecule has 2 N–H and O–H groups in total. The second kappa shape index (κ2) is 8.60. The number of benzene rings is 1. The third kappa shape index (κ3) is 5.29. The largest absolute Gasteiger partial charge is 0.464 e. The lowest BCUT2D eigenvalue weighted by atomic mass is 10.2. The highest BCUT2D eigenvalue weighted by Crippen LogP contribution is 2.25. The Balaban J connectivity index is 1.88. The Bertz CT molecular complexity index is 636. The number of anilines is 1. The van der Waals surface area contributed by atoms with Gasteiger partial charge in [-0.3, -0.25) is 9.59 Å². The minimum atomic E-state index is -0.673. The van der Waals surface area contributed by atoms with E-state index in [1.54, 1.807) is 25.1 Å². The Morgan fingerprint density at radius 1 is 1.33 bits per heavy atom. The Morgan fingerprint density at radius 3 is 2.58 bits per heavy atom. The van der Waals surface area contributed by atoms with Crippen molar-refractivity contribution in [2.45, 2.75) is 24.6 Å². The summed E-state index contributed by atoms with van der Waals surface area (Å²) < 4.78 is 4.88. The van der Waals surface area contributed by atoms with Crippen LogP contribution in [0.2, 0.25) is 10.0 Å². The summed E-state index contributed by atoms with van der Waals surface area (Å²) in [5.74, 6) is -0.792. The summed E-state index contributed by atoms with van der Waals surface area (Å²) in [4.78, 5) is 35.8. The van der Waals surface area contributed by atoms with Gasteiger partial charge >= 0.3 is 5.97 Å². The first-order chi connectivity index (χ1) is 11.4. The van der Waals surface area contributed by atoms with Crippen molar-refractivity contribution < 1.29 is 19.1 Å². The first kappa shape index (κ1) is 18.9. The van der Waals surface area contributed by atoms with Crippen LogP contribution in [0.3, 0.4) is 0 Å². The number of thioether (sulfide) groups is 1. The zero-order valence-electron chi connectivity index (χ0n) is 12.8. The molecule has 0 radical (unpaired) electrons. The summed E-state index contributed by atoms with van der Waals surface area (Å²) in [7, 11) is 0. The van der Waals surface area contributed by atoms with Gasteiger partial charge in [0, 0.05) is 27.9 Å². The highest BCUT2D eigenvalue weighted by Gasteiger charge is 2.34. The maximum Gasteiger partial charge on any atom is 0.329 e. The number of esters is 1. The van der Waals surface area contributed by atoms with Crippen molar-refractivity contribution in [3.8, 4) is 0 Å². The maximum absolute atomic E-state index is 12.1. The summed E-state index contributed by atoms with van der Waals surface area (Å²) in [5.41, 5.74) is 0.461. The van der Waals surface area contributed by atoms with Gasteiger partial charge in [-0.25, -0.2) is 4.79 Å². The van der Waals surface area contributed by atoms with Gasteiger partial charge in [-0.1, -0.05) is 23.2 Å². The van der Waals surface area contributed by atoms with Crippen molar-refractivity contribution in [3.05, 3.63) is 28.2 Å². The number of nitrogens with one attached hydrogen (secondary N) is 2. The molecule has 9 heteroatoms. The van der Waals surface area contributed by atoms with Gasteiger partial charge in [-0.05, 0) is 25.1 Å². The molecule has 0 saturated carbocycles. The fourth-order valence-electron chi connectivity index (χ4n) is 2.12. The molecule has 1 aromatic rings. The second-order valence-electron chi connectivity index (χ2n) is 5.05. The van der Waals surface area contributed by atoms with E-state index in [1.165, 1.54) is 11.8 Å². The van der Waals surface area contributed by atoms with Crippen LogP contribution in [0, 0.1) is 0 Å². The molecular weight excluding hydrogens is 375 g/mol. The van der Waals surface area contributed by atoms with Crippen molar-refractivity contribution in [1.29, 1.82) is 0 Å². The monoisotopic (exact) mass is 390 g/mol. The molecule has 1 aliphatic heterocycles. The van der Waals surface area contributed by atoms with E-state index in [0.29, 0.717) is 21.5 Å². The first-order valence-corrected chi connectivity index (χ1v) is 9.04. The molecule has 2 rings (SSSR count). The van der Waals surface area contributed by atoms with Crippen LogP contribution >= 0.6 is 35.0 Å². The summed E-state index contributed by atoms with van der Waals surface area (Å²) >= 11 is 13.0. The van der Waals surface area contributed by atoms with Gasteiger partial charge in [0.2, 0.25) is 11.8 Å². The Morgan fingerprint density at radius 2 is 2.00 bits per heavy atom. The number of ether oxygens (including phenoxy) is 1. The highest BCUT2D eigenvalue weighted by molar-refractivity contribution is 8.00. The van der Waals surface area contributed by atoms with Gasteiger partial charge in [-0.2, -0.15) is 0 Å². The van der Waals surface area contributed by atoms with Crippen LogP contribution in [0.4, 0.5) is 5.69 Å². The number of hydrogen-bond acceptors (Lipinski definition) is 5. The Labute approximate surface area is 153 Å². The van der Waals surface area contributed by atoms with Crippen molar-refractivity contribution in [3.63, 3.8) is 0 Å². The van der Waals surface area contributed by atoms with Gasteiger partial charge in [0.1, 0.15) is 6.04 Å². The van der Waals surface area contributed by atoms with E-state index in [9.17, 15) is 14.4 Å². The average molecular weight is 391 g/mol. The highest BCUT2D eigenvalue weighted by atomic mass is 35.5. The molecule has 0 aliphatic carbocycles. The van der Waals surface area contributed by atoms with Gasteiger partial charge in [0.05, 0.1) is 11.9 Å². The van der Waals surface area contributed by atoms with Crippen LogP contribution in [-0.2, 0) is 19.1 Å². The van der Waals surface area contributed by atoms with Crippen LogP contribution in [-0.4, -0.2) is 41.4 Å². The van der Waals surface area contributed by atoms with E-state index in [4.69, 9.17) is 27.9 Å². The van der Waals surface area contributed by atoms with Gasteiger partial charge in [-0.15, -0.1) is 11.8 Å². The predicted molar refractivity (Wildman–Crippen MR) is 94.5 cm³/mol. The zero-order chi connectivity index (χ0) is 17.7. The van der Waals surface area contributed by atoms with Crippen molar-refractivity contribution in [2.75, 3.05) is 17.7 Å². The zero-order valence-corrected chi connectivity index (χ0v) is 15.1. The van der Waals surface area contributed by atoms with Crippen LogP contribution in [0.1, 0.15) is 13.3 Å². The quantitative estimate of drug-likeness (QED) is 0.754. The van der Waals surface area contributed by atoms with Crippen LogP contribution in [0.15, 0.2) is 18.2 Å². The van der Waals surface area contributed by atoms with Gasteiger partial charge in [0.15, 0.2) is 0 Å². The Hall–Kier alpha value is -1.44. The summed E-state index contributed by atoms with van der Waals surface area (Å²) in [6, 6.07) is 4.01. The van der Waals surface area contributed by atoms with E-state index in [0.717, 1.165) is 0 Å². The minimum Gasteiger partial charge on any atom is -0.464 e. The van der Waals surface area contributed by atoms with E-state index < -0.39 is 17.3 Å². The maximum atomic E-state index is 12.1. The molecule has 0 spiro atoms. The summed E-state index contributed by atoms with van der Waals surface area (Å²) in [5, 5.41) is 5.48. The van der Waals surface area contributed by atoms with E-state index in [2.05, 4.69) is 10.6 Å². The second-order valence-corrected chi connectivity index (χ2v) is 7.15.